The van der Waals surface area contributed by atoms with E-state index in [9.17, 15) is 23.5 Å². The van der Waals surface area contributed by atoms with Crippen molar-refractivity contribution in [3.8, 4) is 11.1 Å². The van der Waals surface area contributed by atoms with E-state index in [2.05, 4.69) is 0 Å². The van der Waals surface area contributed by atoms with Gasteiger partial charge in [0.25, 0.3) is 0 Å². The molecule has 0 fully saturated rings. The van der Waals surface area contributed by atoms with Gasteiger partial charge in [0, 0.05) is 18.5 Å². The Bertz CT molecular complexity index is 1210. The van der Waals surface area contributed by atoms with E-state index in [4.69, 9.17) is 4.74 Å². The highest BCUT2D eigenvalue weighted by Gasteiger charge is 2.45. The summed E-state index contributed by atoms with van der Waals surface area (Å²) in [6.07, 6.45) is -0.956. The van der Waals surface area contributed by atoms with Gasteiger partial charge in [0.1, 0.15) is 18.2 Å². The molecule has 0 heterocycles. The first-order chi connectivity index (χ1) is 15.7. The highest BCUT2D eigenvalue weighted by molar-refractivity contribution is 5.85. The SMILES string of the molecule is Cc1cc(F)c(C(C)(C(=O)O)N(C)C(=O)OCC2c3ccccc3-c3ccccc32)cc1F. The zero-order valence-electron chi connectivity index (χ0n) is 18.4. The molecule has 33 heavy (non-hydrogen) atoms. The molecule has 1 N–H and O–H groups in total. The van der Waals surface area contributed by atoms with Crippen LogP contribution in [0.5, 0.6) is 0 Å². The number of ether oxygens (including phenoxy) is 1. The maximum Gasteiger partial charge on any atom is 0.410 e. The minimum absolute atomic E-state index is 0.0301. The van der Waals surface area contributed by atoms with Gasteiger partial charge in [0.2, 0.25) is 0 Å². The molecule has 1 aliphatic carbocycles. The largest absolute Gasteiger partial charge is 0.479 e. The number of aryl methyl sites for hydroxylation is 1. The number of rotatable bonds is 5. The lowest BCUT2D eigenvalue weighted by Gasteiger charge is -2.35. The lowest BCUT2D eigenvalue weighted by molar-refractivity contribution is -0.149. The predicted octanol–water partition coefficient (Wildman–Crippen LogP) is 5.45. The van der Waals surface area contributed by atoms with Gasteiger partial charge in [-0.05, 0) is 53.8 Å². The number of nitrogens with zero attached hydrogens (tertiary/aromatic N) is 1. The van der Waals surface area contributed by atoms with E-state index >= 15 is 0 Å². The molecule has 170 valence electrons. The average molecular weight is 451 g/mol. The Kier molecular flexibility index (Phi) is 5.66. The molecule has 3 aromatic carbocycles. The Morgan fingerprint density at radius 2 is 1.55 bits per heavy atom. The average Bonchev–Trinajstić information content (AvgIpc) is 3.12. The third kappa shape index (κ3) is 3.63. The topological polar surface area (TPSA) is 66.8 Å². The van der Waals surface area contributed by atoms with Crippen molar-refractivity contribution in [1.29, 1.82) is 0 Å². The van der Waals surface area contributed by atoms with Crippen LogP contribution in [-0.2, 0) is 15.1 Å². The van der Waals surface area contributed by atoms with E-state index in [1.807, 2.05) is 48.5 Å². The van der Waals surface area contributed by atoms with Crippen molar-refractivity contribution in [3.63, 3.8) is 0 Å². The molecule has 1 amide bonds. The van der Waals surface area contributed by atoms with Gasteiger partial charge < -0.3 is 9.84 Å². The van der Waals surface area contributed by atoms with Crippen molar-refractivity contribution in [2.45, 2.75) is 25.3 Å². The van der Waals surface area contributed by atoms with Gasteiger partial charge in [0.05, 0.1) is 0 Å². The van der Waals surface area contributed by atoms with Crippen molar-refractivity contribution in [3.05, 3.63) is 94.6 Å². The summed E-state index contributed by atoms with van der Waals surface area (Å²) in [5.41, 5.74) is 1.50. The van der Waals surface area contributed by atoms with Crippen molar-refractivity contribution < 1.29 is 28.2 Å². The number of likely N-dealkylation sites (N-methyl/N-ethyl adjacent to an activating group) is 1. The lowest BCUT2D eigenvalue weighted by atomic mass is 9.89. The number of hydrogen-bond donors (Lipinski definition) is 1. The quantitative estimate of drug-likeness (QED) is 0.560. The van der Waals surface area contributed by atoms with Gasteiger partial charge in [-0.1, -0.05) is 48.5 Å². The summed E-state index contributed by atoms with van der Waals surface area (Å²) in [7, 11) is 1.20. The van der Waals surface area contributed by atoms with Crippen LogP contribution < -0.4 is 0 Å². The molecular formula is C26H23F2NO4. The minimum atomic E-state index is -2.18. The third-order valence-electron chi connectivity index (χ3n) is 6.47. The molecule has 0 saturated carbocycles. The Morgan fingerprint density at radius 3 is 2.09 bits per heavy atom. The third-order valence-corrected chi connectivity index (χ3v) is 6.47. The summed E-state index contributed by atoms with van der Waals surface area (Å²) in [6.45, 7) is 2.48. The Morgan fingerprint density at radius 1 is 1.00 bits per heavy atom. The fourth-order valence-corrected chi connectivity index (χ4v) is 4.33. The van der Waals surface area contributed by atoms with Gasteiger partial charge >= 0.3 is 12.1 Å². The van der Waals surface area contributed by atoms with Crippen LogP contribution in [0.2, 0.25) is 0 Å². The van der Waals surface area contributed by atoms with Gasteiger partial charge in [-0.3, -0.25) is 4.90 Å². The zero-order valence-corrected chi connectivity index (χ0v) is 18.4. The number of hydrogen-bond acceptors (Lipinski definition) is 3. The van der Waals surface area contributed by atoms with Crippen LogP contribution in [0.25, 0.3) is 11.1 Å². The molecule has 1 atom stereocenters. The van der Waals surface area contributed by atoms with Gasteiger partial charge in [-0.2, -0.15) is 0 Å². The van der Waals surface area contributed by atoms with Crippen molar-refractivity contribution in [2.75, 3.05) is 13.7 Å². The molecule has 0 spiro atoms. The maximum absolute atomic E-state index is 14.7. The number of halogens is 2. The number of carbonyl (C=O) groups is 2. The summed E-state index contributed by atoms with van der Waals surface area (Å²) >= 11 is 0. The van der Waals surface area contributed by atoms with Crippen LogP contribution in [-0.4, -0.2) is 35.7 Å². The fraction of sp³-hybridized carbons (Fsp3) is 0.231. The highest BCUT2D eigenvalue weighted by Crippen LogP contribution is 2.44. The molecule has 1 aliphatic rings. The van der Waals surface area contributed by atoms with Crippen molar-refractivity contribution in [2.24, 2.45) is 0 Å². The van der Waals surface area contributed by atoms with E-state index < -0.39 is 34.8 Å². The summed E-state index contributed by atoms with van der Waals surface area (Å²) in [5.74, 6) is -3.42. The molecular weight excluding hydrogens is 428 g/mol. The Hall–Kier alpha value is -3.74. The van der Waals surface area contributed by atoms with Crippen LogP contribution in [0, 0.1) is 18.6 Å². The normalized spacial score (nSPS) is 14.2. The molecule has 3 aromatic rings. The standard InChI is InChI=1S/C26H23F2NO4/c1-15-12-23(28)21(13-22(15)27)26(2,24(30)31)29(3)25(32)33-14-20-18-10-6-4-8-16(18)17-9-5-7-11-19(17)20/h4-13,20H,14H2,1-3H3,(H,30,31). The summed E-state index contributed by atoms with van der Waals surface area (Å²) in [4.78, 5) is 25.9. The van der Waals surface area contributed by atoms with E-state index in [0.717, 1.165) is 46.2 Å². The van der Waals surface area contributed by atoms with Crippen LogP contribution in [0.15, 0.2) is 60.7 Å². The molecule has 5 nitrogen and oxygen atoms in total. The first-order valence-electron chi connectivity index (χ1n) is 10.4. The van der Waals surface area contributed by atoms with Crippen LogP contribution in [0.4, 0.5) is 13.6 Å². The van der Waals surface area contributed by atoms with E-state index in [-0.39, 0.29) is 18.1 Å². The summed E-state index contributed by atoms with van der Waals surface area (Å²) in [5, 5.41) is 9.89. The summed E-state index contributed by atoms with van der Waals surface area (Å²) < 4.78 is 34.3. The second-order valence-electron chi connectivity index (χ2n) is 8.32. The lowest BCUT2D eigenvalue weighted by Crippen LogP contribution is -2.51. The molecule has 0 radical (unpaired) electrons. The van der Waals surface area contributed by atoms with Gasteiger partial charge in [0.15, 0.2) is 5.54 Å². The van der Waals surface area contributed by atoms with Crippen LogP contribution in [0.1, 0.15) is 35.1 Å². The second kappa shape index (κ2) is 8.31. The molecule has 0 saturated heterocycles. The summed E-state index contributed by atoms with van der Waals surface area (Å²) in [6, 6.07) is 17.3. The smallest absolute Gasteiger partial charge is 0.410 e. The number of aliphatic carboxylic acids is 1. The van der Waals surface area contributed by atoms with E-state index in [0.29, 0.717) is 0 Å². The number of benzene rings is 3. The molecule has 4 rings (SSSR count). The highest BCUT2D eigenvalue weighted by atomic mass is 19.1. The maximum atomic E-state index is 14.7. The fourth-order valence-electron chi connectivity index (χ4n) is 4.33. The van der Waals surface area contributed by atoms with E-state index in [1.54, 1.807) is 0 Å². The first kappa shape index (κ1) is 22.5. The van der Waals surface area contributed by atoms with Crippen molar-refractivity contribution in [1.82, 2.24) is 4.90 Å². The van der Waals surface area contributed by atoms with Crippen LogP contribution >= 0.6 is 0 Å². The molecule has 7 heteroatoms. The monoisotopic (exact) mass is 451 g/mol. The number of carboxylic acid groups (broad SMARTS) is 1. The minimum Gasteiger partial charge on any atom is -0.479 e. The second-order valence-corrected chi connectivity index (χ2v) is 8.32. The number of carboxylic acids is 1. The molecule has 1 unspecified atom stereocenters. The predicted molar refractivity (Wildman–Crippen MR) is 119 cm³/mol. The van der Waals surface area contributed by atoms with Crippen LogP contribution in [0.3, 0.4) is 0 Å². The number of fused-ring (bicyclic) bond motifs is 3. The van der Waals surface area contributed by atoms with Gasteiger partial charge in [-0.15, -0.1) is 0 Å². The van der Waals surface area contributed by atoms with E-state index in [1.165, 1.54) is 14.0 Å². The van der Waals surface area contributed by atoms with Crippen molar-refractivity contribution >= 4 is 12.1 Å². The number of carbonyl (C=O) groups excluding carboxylic acids is 1. The molecule has 0 bridgehead atoms. The zero-order chi connectivity index (χ0) is 23.9. The van der Waals surface area contributed by atoms with Gasteiger partial charge in [-0.25, -0.2) is 18.4 Å². The first-order valence-corrected chi connectivity index (χ1v) is 10.4. The molecule has 0 aromatic heterocycles. The molecule has 0 aliphatic heterocycles. The number of amides is 1. The Labute approximate surface area is 190 Å². The Balaban J connectivity index is 1.61.